The van der Waals surface area contributed by atoms with Gasteiger partial charge < -0.3 is 11.1 Å². The van der Waals surface area contributed by atoms with Gasteiger partial charge in [0.25, 0.3) is 5.91 Å². The van der Waals surface area contributed by atoms with Crippen molar-refractivity contribution in [2.24, 2.45) is 0 Å². The van der Waals surface area contributed by atoms with Gasteiger partial charge in [0, 0.05) is 16.9 Å². The predicted octanol–water partition coefficient (Wildman–Crippen LogP) is 3.66. The topological polar surface area (TPSA) is 68.0 Å². The maximum atomic E-state index is 13.3. The van der Waals surface area contributed by atoms with Crippen LogP contribution in [-0.2, 0) is 6.42 Å². The van der Waals surface area contributed by atoms with Crippen LogP contribution in [0.25, 0.3) is 0 Å². The van der Waals surface area contributed by atoms with Gasteiger partial charge in [-0.15, -0.1) is 0 Å². The maximum Gasteiger partial charge on any atom is 0.255 e. The number of hydrogen-bond donors (Lipinski definition) is 2. The third kappa shape index (κ3) is 3.92. The van der Waals surface area contributed by atoms with E-state index in [0.717, 1.165) is 24.6 Å². The lowest BCUT2D eigenvalue weighted by Crippen LogP contribution is -2.13. The Balaban J connectivity index is 2.21. The molecule has 0 unspecified atom stereocenters. The molecule has 0 saturated heterocycles. The molecule has 1 heterocycles. The van der Waals surface area contributed by atoms with E-state index < -0.39 is 5.82 Å². The number of halogens is 2. The van der Waals surface area contributed by atoms with Gasteiger partial charge >= 0.3 is 0 Å². The van der Waals surface area contributed by atoms with E-state index in [1.165, 1.54) is 18.2 Å². The first-order chi connectivity index (χ1) is 9.99. The number of rotatable bonds is 4. The number of nitrogens with one attached hydrogen (secondary N) is 1. The first kappa shape index (κ1) is 15.3. The molecule has 2 aromatic rings. The zero-order valence-electron chi connectivity index (χ0n) is 11.5. The smallest absolute Gasteiger partial charge is 0.255 e. The lowest BCUT2D eigenvalue weighted by atomic mass is 10.1. The molecule has 3 N–H and O–H groups in total. The fourth-order valence-corrected chi connectivity index (χ4v) is 2.02. The van der Waals surface area contributed by atoms with Crippen molar-refractivity contribution in [1.29, 1.82) is 0 Å². The number of carbonyl (C=O) groups excluding carboxylic acids is 1. The third-order valence-corrected chi connectivity index (χ3v) is 3.15. The molecule has 110 valence electrons. The number of nitrogens with two attached hydrogens (primary N) is 1. The van der Waals surface area contributed by atoms with E-state index in [4.69, 9.17) is 17.3 Å². The first-order valence-corrected chi connectivity index (χ1v) is 6.90. The number of amides is 1. The normalized spacial score (nSPS) is 10.4. The molecule has 6 heteroatoms. The molecule has 4 nitrogen and oxygen atoms in total. The van der Waals surface area contributed by atoms with Crippen molar-refractivity contribution in [2.45, 2.75) is 19.8 Å². The Hall–Kier alpha value is -2.14. The minimum atomic E-state index is -0.588. The number of aryl methyl sites for hydroxylation is 1. The molecule has 0 radical (unpaired) electrons. The van der Waals surface area contributed by atoms with E-state index in [1.807, 2.05) is 6.92 Å². The van der Waals surface area contributed by atoms with Crippen LogP contribution in [0.5, 0.6) is 0 Å². The summed E-state index contributed by atoms with van der Waals surface area (Å²) in [4.78, 5) is 16.3. The van der Waals surface area contributed by atoms with Gasteiger partial charge in [-0.1, -0.05) is 24.9 Å². The summed E-state index contributed by atoms with van der Waals surface area (Å²) in [5.74, 6) is -0.674. The molecule has 0 saturated carbocycles. The Bertz CT molecular complexity index is 676. The molecule has 1 aromatic heterocycles. The zero-order valence-corrected chi connectivity index (χ0v) is 12.2. The highest BCUT2D eigenvalue weighted by molar-refractivity contribution is 6.30. The van der Waals surface area contributed by atoms with Gasteiger partial charge in [-0.05, 0) is 36.8 Å². The van der Waals surface area contributed by atoms with Crippen LogP contribution < -0.4 is 11.1 Å². The van der Waals surface area contributed by atoms with E-state index in [9.17, 15) is 9.18 Å². The van der Waals surface area contributed by atoms with Gasteiger partial charge in [0.2, 0.25) is 0 Å². The maximum absolute atomic E-state index is 13.3. The predicted molar refractivity (Wildman–Crippen MR) is 82.0 cm³/mol. The van der Waals surface area contributed by atoms with Crippen LogP contribution >= 0.6 is 11.6 Å². The summed E-state index contributed by atoms with van der Waals surface area (Å²) < 4.78 is 13.3. The summed E-state index contributed by atoms with van der Waals surface area (Å²) >= 11 is 5.60. The van der Waals surface area contributed by atoms with E-state index in [1.54, 1.807) is 6.07 Å². The van der Waals surface area contributed by atoms with Gasteiger partial charge in [-0.3, -0.25) is 4.79 Å². The molecule has 0 bridgehead atoms. The Kier molecular flexibility index (Phi) is 4.75. The highest BCUT2D eigenvalue weighted by atomic mass is 35.5. The summed E-state index contributed by atoms with van der Waals surface area (Å²) in [5, 5.41) is 2.61. The van der Waals surface area contributed by atoms with Crippen LogP contribution in [0, 0.1) is 5.82 Å². The van der Waals surface area contributed by atoms with E-state index in [2.05, 4.69) is 10.3 Å². The summed E-state index contributed by atoms with van der Waals surface area (Å²) in [7, 11) is 0. The molecular formula is C15H15ClFN3O. The number of anilines is 2. The summed E-state index contributed by atoms with van der Waals surface area (Å²) in [6, 6.07) is 7.25. The molecular weight excluding hydrogens is 293 g/mol. The SMILES string of the molecule is CCCc1cc(C(=O)Nc2ccc(Cl)c(F)c2)cc(N)n1. The van der Waals surface area contributed by atoms with Crippen LogP contribution in [0.4, 0.5) is 15.9 Å². The monoisotopic (exact) mass is 307 g/mol. The molecule has 0 aliphatic carbocycles. The average Bonchev–Trinajstić information content (AvgIpc) is 2.42. The minimum Gasteiger partial charge on any atom is -0.384 e. The summed E-state index contributed by atoms with van der Waals surface area (Å²) in [6.45, 7) is 2.01. The van der Waals surface area contributed by atoms with Crippen LogP contribution in [0.2, 0.25) is 5.02 Å². The number of carbonyl (C=O) groups is 1. The fourth-order valence-electron chi connectivity index (χ4n) is 1.90. The second kappa shape index (κ2) is 6.54. The fraction of sp³-hybridized carbons (Fsp3) is 0.200. The quantitative estimate of drug-likeness (QED) is 0.905. The Labute approximate surface area is 127 Å². The Morgan fingerprint density at radius 2 is 2.14 bits per heavy atom. The molecule has 0 aliphatic heterocycles. The highest BCUT2D eigenvalue weighted by Crippen LogP contribution is 2.19. The first-order valence-electron chi connectivity index (χ1n) is 6.52. The van der Waals surface area contributed by atoms with Crippen molar-refractivity contribution >= 4 is 29.0 Å². The second-order valence-corrected chi connectivity index (χ2v) is 5.01. The molecule has 1 aromatic carbocycles. The molecule has 1 amide bonds. The van der Waals surface area contributed by atoms with Crippen LogP contribution in [-0.4, -0.2) is 10.9 Å². The van der Waals surface area contributed by atoms with Crippen molar-refractivity contribution < 1.29 is 9.18 Å². The second-order valence-electron chi connectivity index (χ2n) is 4.61. The molecule has 0 aliphatic rings. The third-order valence-electron chi connectivity index (χ3n) is 2.84. The number of nitrogen functional groups attached to an aromatic ring is 1. The van der Waals surface area contributed by atoms with Crippen LogP contribution in [0.15, 0.2) is 30.3 Å². The van der Waals surface area contributed by atoms with Crippen molar-refractivity contribution in [3.8, 4) is 0 Å². The molecule has 21 heavy (non-hydrogen) atoms. The van der Waals surface area contributed by atoms with Crippen LogP contribution in [0.1, 0.15) is 29.4 Å². The van der Waals surface area contributed by atoms with Gasteiger partial charge in [0.05, 0.1) is 5.02 Å². The van der Waals surface area contributed by atoms with Crippen molar-refractivity contribution in [1.82, 2.24) is 4.98 Å². The molecule has 0 fully saturated rings. The molecule has 2 rings (SSSR count). The lowest BCUT2D eigenvalue weighted by molar-refractivity contribution is 0.102. The van der Waals surface area contributed by atoms with Crippen molar-refractivity contribution in [3.63, 3.8) is 0 Å². The molecule has 0 spiro atoms. The van der Waals surface area contributed by atoms with E-state index in [-0.39, 0.29) is 16.7 Å². The van der Waals surface area contributed by atoms with E-state index in [0.29, 0.717) is 11.3 Å². The van der Waals surface area contributed by atoms with Gasteiger partial charge in [-0.25, -0.2) is 9.37 Å². The summed E-state index contributed by atoms with van der Waals surface area (Å²) in [5.41, 5.74) is 7.17. The minimum absolute atomic E-state index is 0.00591. The van der Waals surface area contributed by atoms with Gasteiger partial charge in [0.15, 0.2) is 0 Å². The molecule has 0 atom stereocenters. The van der Waals surface area contributed by atoms with Crippen molar-refractivity contribution in [3.05, 3.63) is 52.4 Å². The number of benzene rings is 1. The average molecular weight is 308 g/mol. The number of pyridine rings is 1. The Morgan fingerprint density at radius 3 is 2.81 bits per heavy atom. The van der Waals surface area contributed by atoms with Crippen molar-refractivity contribution in [2.75, 3.05) is 11.1 Å². The largest absolute Gasteiger partial charge is 0.384 e. The van der Waals surface area contributed by atoms with Crippen LogP contribution in [0.3, 0.4) is 0 Å². The standard InChI is InChI=1S/C15H15ClFN3O/c1-2-3-10-6-9(7-14(18)19-10)15(21)20-11-4-5-12(16)13(17)8-11/h4-8H,2-3H2,1H3,(H2,18,19)(H,20,21). The van der Waals surface area contributed by atoms with Gasteiger partial charge in [0.1, 0.15) is 11.6 Å². The summed E-state index contributed by atoms with van der Waals surface area (Å²) in [6.07, 6.45) is 1.64. The number of hydrogen-bond acceptors (Lipinski definition) is 3. The zero-order chi connectivity index (χ0) is 15.4. The highest BCUT2D eigenvalue weighted by Gasteiger charge is 2.10. The van der Waals surface area contributed by atoms with E-state index >= 15 is 0 Å². The van der Waals surface area contributed by atoms with Gasteiger partial charge in [-0.2, -0.15) is 0 Å². The number of aromatic nitrogens is 1. The lowest BCUT2D eigenvalue weighted by Gasteiger charge is -2.08. The number of nitrogens with zero attached hydrogens (tertiary/aromatic N) is 1. The Morgan fingerprint density at radius 1 is 1.38 bits per heavy atom.